The molecule has 31 heavy (non-hydrogen) atoms. The normalized spacial score (nSPS) is 23.4. The van der Waals surface area contributed by atoms with Gasteiger partial charge in [0, 0.05) is 23.8 Å². The van der Waals surface area contributed by atoms with Crippen LogP contribution in [0, 0.1) is 5.41 Å². The number of rotatable bonds is 8. The zero-order valence-electron chi connectivity index (χ0n) is 17.4. The molecular weight excluding hydrogens is 422 g/mol. The number of hydrogen-bond donors (Lipinski definition) is 3. The van der Waals surface area contributed by atoms with Crippen molar-refractivity contribution in [1.29, 1.82) is 0 Å². The topological polar surface area (TPSA) is 122 Å². The van der Waals surface area contributed by atoms with Crippen LogP contribution in [0.4, 0.5) is 0 Å². The van der Waals surface area contributed by atoms with Gasteiger partial charge in [0.05, 0.1) is 30.8 Å². The number of benzene rings is 2. The van der Waals surface area contributed by atoms with Crippen molar-refractivity contribution in [3.05, 3.63) is 54.1 Å². The minimum absolute atomic E-state index is 0.141. The van der Waals surface area contributed by atoms with Crippen LogP contribution < -0.4 is 14.8 Å². The van der Waals surface area contributed by atoms with Crippen LogP contribution in [0.3, 0.4) is 0 Å². The van der Waals surface area contributed by atoms with Crippen LogP contribution in [0.15, 0.2) is 53.4 Å². The number of carbonyl (C=O) groups excluding carboxylic acids is 1. The molecule has 0 bridgehead atoms. The summed E-state index contributed by atoms with van der Waals surface area (Å²) in [4.78, 5) is 12.7. The predicted octanol–water partition coefficient (Wildman–Crippen LogP) is 1.41. The molecule has 0 aromatic heterocycles. The Balaban J connectivity index is 1.67. The highest BCUT2D eigenvalue weighted by Crippen LogP contribution is 2.39. The first kappa shape index (κ1) is 23.1. The van der Waals surface area contributed by atoms with Crippen LogP contribution in [0.1, 0.15) is 23.2 Å². The largest absolute Gasteiger partial charge is 0.497 e. The Hall–Kier alpha value is -2.62. The van der Waals surface area contributed by atoms with E-state index in [9.17, 15) is 23.4 Å². The van der Waals surface area contributed by atoms with Gasteiger partial charge in [0.2, 0.25) is 0 Å². The van der Waals surface area contributed by atoms with E-state index in [-0.39, 0.29) is 36.8 Å². The zero-order valence-corrected chi connectivity index (χ0v) is 18.3. The molecule has 0 aliphatic heterocycles. The van der Waals surface area contributed by atoms with Gasteiger partial charge in [0.1, 0.15) is 11.5 Å². The smallest absolute Gasteiger partial charge is 0.251 e. The molecule has 0 spiro atoms. The van der Waals surface area contributed by atoms with Gasteiger partial charge in [-0.15, -0.1) is 0 Å². The average molecular weight is 450 g/mol. The van der Waals surface area contributed by atoms with Gasteiger partial charge in [-0.3, -0.25) is 4.79 Å². The number of ether oxygens (including phenoxy) is 2. The monoisotopic (exact) mass is 449 g/mol. The number of nitrogens with one attached hydrogen (secondary N) is 1. The number of amides is 1. The summed E-state index contributed by atoms with van der Waals surface area (Å²) in [5.74, 6) is 0.824. The molecule has 3 atom stereocenters. The van der Waals surface area contributed by atoms with Crippen LogP contribution in [0.2, 0.25) is 0 Å². The average Bonchev–Trinajstić information content (AvgIpc) is 3.04. The maximum absolute atomic E-state index is 12.5. The van der Waals surface area contributed by atoms with Crippen molar-refractivity contribution in [3.63, 3.8) is 0 Å². The van der Waals surface area contributed by atoms with E-state index in [0.717, 1.165) is 6.26 Å². The molecule has 2 aromatic rings. The van der Waals surface area contributed by atoms with Crippen LogP contribution in [-0.2, 0) is 9.84 Å². The summed E-state index contributed by atoms with van der Waals surface area (Å²) >= 11 is 0. The fraction of sp³-hybridized carbons (Fsp3) is 0.409. The quantitative estimate of drug-likeness (QED) is 0.557. The minimum atomic E-state index is -3.30. The van der Waals surface area contributed by atoms with Crippen molar-refractivity contribution >= 4 is 15.7 Å². The Kier molecular flexibility index (Phi) is 6.88. The lowest BCUT2D eigenvalue weighted by Gasteiger charge is -2.29. The maximum atomic E-state index is 12.5. The molecule has 2 aromatic carbocycles. The van der Waals surface area contributed by atoms with Crippen molar-refractivity contribution in [2.24, 2.45) is 5.41 Å². The highest BCUT2D eigenvalue weighted by molar-refractivity contribution is 7.90. The number of sulfone groups is 1. The summed E-state index contributed by atoms with van der Waals surface area (Å²) in [6.45, 7) is 0.343. The van der Waals surface area contributed by atoms with Gasteiger partial charge < -0.3 is 25.0 Å². The summed E-state index contributed by atoms with van der Waals surface area (Å²) in [7, 11) is -1.76. The van der Waals surface area contributed by atoms with Crippen molar-refractivity contribution in [2.45, 2.75) is 29.9 Å². The Bertz CT molecular complexity index is 993. The van der Waals surface area contributed by atoms with Gasteiger partial charge in [0.25, 0.3) is 5.91 Å². The number of aliphatic hydroxyl groups excluding tert-OH is 2. The van der Waals surface area contributed by atoms with E-state index >= 15 is 0 Å². The molecule has 3 rings (SSSR count). The molecule has 1 fully saturated rings. The van der Waals surface area contributed by atoms with Crippen molar-refractivity contribution < 1.29 is 32.9 Å². The standard InChI is InChI=1S/C22H27NO7S/c1-29-16-5-3-15(4-6-16)21(26)23-13-22(11-19(24)20(25)12-22)14-30-17-7-9-18(10-8-17)31(2,27)28/h3-10,19-20,24-25H,11-14H2,1-2H3,(H,23,26)/t19-,20+,22?. The predicted molar refractivity (Wildman–Crippen MR) is 114 cm³/mol. The molecule has 168 valence electrons. The van der Waals surface area contributed by atoms with Crippen LogP contribution in [0.5, 0.6) is 11.5 Å². The van der Waals surface area contributed by atoms with E-state index < -0.39 is 27.5 Å². The van der Waals surface area contributed by atoms with E-state index in [4.69, 9.17) is 9.47 Å². The van der Waals surface area contributed by atoms with Gasteiger partial charge in [-0.2, -0.15) is 0 Å². The summed E-state index contributed by atoms with van der Waals surface area (Å²) < 4.78 is 34.1. The van der Waals surface area contributed by atoms with E-state index in [1.165, 1.54) is 12.1 Å². The maximum Gasteiger partial charge on any atom is 0.251 e. The number of hydrogen-bond acceptors (Lipinski definition) is 7. The third-order valence-electron chi connectivity index (χ3n) is 5.50. The van der Waals surface area contributed by atoms with E-state index in [1.54, 1.807) is 43.5 Å². The molecule has 0 heterocycles. The Labute approximate surface area is 181 Å². The third kappa shape index (κ3) is 5.75. The lowest BCUT2D eigenvalue weighted by Crippen LogP contribution is -2.40. The van der Waals surface area contributed by atoms with Gasteiger partial charge in [0.15, 0.2) is 9.84 Å². The van der Waals surface area contributed by atoms with Gasteiger partial charge in [-0.25, -0.2) is 8.42 Å². The lowest BCUT2D eigenvalue weighted by molar-refractivity contribution is 0.0438. The second-order valence-corrected chi connectivity index (χ2v) is 10.0. The van der Waals surface area contributed by atoms with E-state index in [0.29, 0.717) is 17.1 Å². The van der Waals surface area contributed by atoms with Crippen LogP contribution in [0.25, 0.3) is 0 Å². The zero-order chi connectivity index (χ0) is 22.6. The Morgan fingerprint density at radius 2 is 1.58 bits per heavy atom. The lowest BCUT2D eigenvalue weighted by atomic mass is 9.86. The minimum Gasteiger partial charge on any atom is -0.497 e. The van der Waals surface area contributed by atoms with Gasteiger partial charge >= 0.3 is 0 Å². The van der Waals surface area contributed by atoms with Gasteiger partial charge in [-0.05, 0) is 61.4 Å². The van der Waals surface area contributed by atoms with Crippen molar-refractivity contribution in [3.8, 4) is 11.5 Å². The molecule has 1 amide bonds. The molecule has 0 radical (unpaired) electrons. The molecule has 1 aliphatic carbocycles. The molecule has 1 aliphatic rings. The molecule has 9 heteroatoms. The van der Waals surface area contributed by atoms with Crippen LogP contribution in [-0.4, -0.2) is 63.3 Å². The fourth-order valence-corrected chi connectivity index (χ4v) is 4.32. The molecule has 0 saturated heterocycles. The molecule has 8 nitrogen and oxygen atoms in total. The fourth-order valence-electron chi connectivity index (χ4n) is 3.69. The SMILES string of the molecule is COc1ccc(C(=O)NCC2(COc3ccc(S(C)(=O)=O)cc3)C[C@@H](O)[C@@H](O)C2)cc1. The molecule has 3 N–H and O–H groups in total. The summed E-state index contributed by atoms with van der Waals surface area (Å²) in [5, 5.41) is 23.1. The highest BCUT2D eigenvalue weighted by atomic mass is 32.2. The van der Waals surface area contributed by atoms with E-state index in [1.807, 2.05) is 0 Å². The molecule has 1 saturated carbocycles. The summed E-state index contributed by atoms with van der Waals surface area (Å²) in [6, 6.07) is 12.7. The third-order valence-corrected chi connectivity index (χ3v) is 6.63. The number of aliphatic hydroxyl groups is 2. The molecular formula is C22H27NO7S. The van der Waals surface area contributed by atoms with Crippen molar-refractivity contribution in [2.75, 3.05) is 26.5 Å². The first-order valence-electron chi connectivity index (χ1n) is 9.83. The van der Waals surface area contributed by atoms with Gasteiger partial charge in [-0.1, -0.05) is 0 Å². The summed E-state index contributed by atoms with van der Waals surface area (Å²) in [5.41, 5.74) is -0.205. The number of carbonyl (C=O) groups is 1. The highest BCUT2D eigenvalue weighted by Gasteiger charge is 2.45. The summed E-state index contributed by atoms with van der Waals surface area (Å²) in [6.07, 6.45) is -0.162. The number of methoxy groups -OCH3 is 1. The first-order chi connectivity index (χ1) is 14.6. The van der Waals surface area contributed by atoms with E-state index in [2.05, 4.69) is 5.32 Å². The second kappa shape index (κ2) is 9.25. The Morgan fingerprint density at radius 1 is 1.03 bits per heavy atom. The Morgan fingerprint density at radius 3 is 2.10 bits per heavy atom. The second-order valence-electron chi connectivity index (χ2n) is 7.99. The first-order valence-corrected chi connectivity index (χ1v) is 11.7. The molecule has 1 unspecified atom stereocenters. The van der Waals surface area contributed by atoms with Crippen molar-refractivity contribution in [1.82, 2.24) is 5.32 Å². The van der Waals surface area contributed by atoms with Crippen LogP contribution >= 0.6 is 0 Å².